The van der Waals surface area contributed by atoms with Crippen molar-refractivity contribution in [2.24, 2.45) is 0 Å². The average molecular weight is 353 g/mol. The molecule has 0 amide bonds. The van der Waals surface area contributed by atoms with Crippen molar-refractivity contribution in [1.82, 2.24) is 14.8 Å². The van der Waals surface area contributed by atoms with Gasteiger partial charge in [-0.15, -0.1) is 10.2 Å². The standard InChI is InChI=1S/C24H23N3/c1-16-13-14-21(19(4)15-16)24-26-25-23(20-11-6-5-7-12-20)27(24)22-17(2)9-8-10-18(22)3/h5-15H,1-4H3. The molecule has 3 aromatic carbocycles. The van der Waals surface area contributed by atoms with Crippen LogP contribution in [0.2, 0.25) is 0 Å². The molecular formula is C24H23N3. The first-order valence-corrected chi connectivity index (χ1v) is 9.21. The van der Waals surface area contributed by atoms with Crippen molar-refractivity contribution in [2.45, 2.75) is 27.7 Å². The molecule has 0 atom stereocenters. The second-order valence-corrected chi connectivity index (χ2v) is 7.11. The number of benzene rings is 3. The van der Waals surface area contributed by atoms with Crippen LogP contribution in [0, 0.1) is 27.7 Å². The number of hydrogen-bond acceptors (Lipinski definition) is 2. The van der Waals surface area contributed by atoms with Gasteiger partial charge in [0.15, 0.2) is 11.6 Å². The van der Waals surface area contributed by atoms with Crippen LogP contribution in [0.4, 0.5) is 0 Å². The minimum Gasteiger partial charge on any atom is -0.274 e. The molecule has 0 N–H and O–H groups in total. The van der Waals surface area contributed by atoms with Crippen molar-refractivity contribution in [3.8, 4) is 28.5 Å². The number of aryl methyl sites for hydroxylation is 4. The summed E-state index contributed by atoms with van der Waals surface area (Å²) in [5, 5.41) is 9.22. The number of para-hydroxylation sites is 1. The summed E-state index contributed by atoms with van der Waals surface area (Å²) in [6, 6.07) is 23.1. The molecule has 0 aliphatic rings. The van der Waals surface area contributed by atoms with Crippen LogP contribution in [-0.4, -0.2) is 14.8 Å². The number of hydrogen-bond donors (Lipinski definition) is 0. The number of aromatic nitrogens is 3. The Balaban J connectivity index is 2.06. The molecular weight excluding hydrogens is 330 g/mol. The van der Waals surface area contributed by atoms with E-state index in [4.69, 9.17) is 0 Å². The van der Waals surface area contributed by atoms with E-state index < -0.39 is 0 Å². The second-order valence-electron chi connectivity index (χ2n) is 7.11. The van der Waals surface area contributed by atoms with Gasteiger partial charge in [-0.1, -0.05) is 72.3 Å². The van der Waals surface area contributed by atoms with Gasteiger partial charge in [-0.3, -0.25) is 4.57 Å². The smallest absolute Gasteiger partial charge is 0.169 e. The largest absolute Gasteiger partial charge is 0.274 e. The zero-order chi connectivity index (χ0) is 19.0. The van der Waals surface area contributed by atoms with E-state index >= 15 is 0 Å². The third-order valence-electron chi connectivity index (χ3n) is 4.98. The van der Waals surface area contributed by atoms with Crippen molar-refractivity contribution in [2.75, 3.05) is 0 Å². The zero-order valence-corrected chi connectivity index (χ0v) is 16.2. The Bertz CT molecular complexity index is 1090. The predicted molar refractivity (Wildman–Crippen MR) is 111 cm³/mol. The van der Waals surface area contributed by atoms with Crippen molar-refractivity contribution in [1.29, 1.82) is 0 Å². The van der Waals surface area contributed by atoms with Crippen LogP contribution >= 0.6 is 0 Å². The summed E-state index contributed by atoms with van der Waals surface area (Å²) in [7, 11) is 0. The Labute approximate surface area is 160 Å². The lowest BCUT2D eigenvalue weighted by Gasteiger charge is -2.17. The fraction of sp³-hybridized carbons (Fsp3) is 0.167. The highest BCUT2D eigenvalue weighted by Gasteiger charge is 2.20. The molecule has 4 aromatic rings. The minimum absolute atomic E-state index is 0.864. The molecule has 0 spiro atoms. The van der Waals surface area contributed by atoms with E-state index in [1.54, 1.807) is 0 Å². The molecule has 0 aliphatic heterocycles. The van der Waals surface area contributed by atoms with Gasteiger partial charge >= 0.3 is 0 Å². The molecule has 0 aliphatic carbocycles. The summed E-state index contributed by atoms with van der Waals surface area (Å²) in [5.41, 5.74) is 8.18. The van der Waals surface area contributed by atoms with Gasteiger partial charge in [-0.25, -0.2) is 0 Å². The van der Waals surface area contributed by atoms with Crippen LogP contribution in [0.1, 0.15) is 22.3 Å². The fourth-order valence-electron chi connectivity index (χ4n) is 3.67. The van der Waals surface area contributed by atoms with E-state index in [9.17, 15) is 0 Å². The Morgan fingerprint density at radius 3 is 1.96 bits per heavy atom. The summed E-state index contributed by atoms with van der Waals surface area (Å²) in [4.78, 5) is 0. The number of nitrogens with zero attached hydrogens (tertiary/aromatic N) is 3. The molecule has 3 nitrogen and oxygen atoms in total. The van der Waals surface area contributed by atoms with E-state index in [0.717, 1.165) is 28.5 Å². The van der Waals surface area contributed by atoms with E-state index in [1.807, 2.05) is 18.2 Å². The molecule has 0 saturated heterocycles. The van der Waals surface area contributed by atoms with Crippen molar-refractivity contribution in [3.05, 3.63) is 89.0 Å². The maximum Gasteiger partial charge on any atom is 0.169 e. The minimum atomic E-state index is 0.864. The normalized spacial score (nSPS) is 11.0. The highest BCUT2D eigenvalue weighted by Crippen LogP contribution is 2.33. The molecule has 27 heavy (non-hydrogen) atoms. The first-order valence-electron chi connectivity index (χ1n) is 9.21. The van der Waals surface area contributed by atoms with Gasteiger partial charge in [-0.2, -0.15) is 0 Å². The molecule has 0 bridgehead atoms. The Hall–Kier alpha value is -3.20. The maximum absolute atomic E-state index is 4.62. The maximum atomic E-state index is 4.62. The predicted octanol–water partition coefficient (Wildman–Crippen LogP) is 5.83. The monoisotopic (exact) mass is 353 g/mol. The van der Waals surface area contributed by atoms with Crippen LogP contribution in [0.5, 0.6) is 0 Å². The first-order chi connectivity index (χ1) is 13.1. The quantitative estimate of drug-likeness (QED) is 0.463. The van der Waals surface area contributed by atoms with Gasteiger partial charge in [0.2, 0.25) is 0 Å². The van der Waals surface area contributed by atoms with Crippen molar-refractivity contribution < 1.29 is 0 Å². The van der Waals surface area contributed by atoms with E-state index in [1.165, 1.54) is 22.3 Å². The summed E-state index contributed by atoms with van der Waals surface area (Å²) in [6.07, 6.45) is 0. The number of rotatable bonds is 3. The Morgan fingerprint density at radius 2 is 1.30 bits per heavy atom. The van der Waals surface area contributed by atoms with Gasteiger partial charge in [0, 0.05) is 11.1 Å². The van der Waals surface area contributed by atoms with Crippen molar-refractivity contribution in [3.63, 3.8) is 0 Å². The summed E-state index contributed by atoms with van der Waals surface area (Å²) >= 11 is 0. The SMILES string of the molecule is Cc1ccc(-c2nnc(-c3ccccc3)n2-c2c(C)cccc2C)c(C)c1. The van der Waals surface area contributed by atoms with Crippen LogP contribution in [0.3, 0.4) is 0 Å². The van der Waals surface area contributed by atoms with Crippen LogP contribution in [-0.2, 0) is 0 Å². The molecule has 0 saturated carbocycles. The van der Waals surface area contributed by atoms with E-state index in [0.29, 0.717) is 0 Å². The molecule has 3 heteroatoms. The molecule has 0 unspecified atom stereocenters. The van der Waals surface area contributed by atoms with Crippen LogP contribution in [0.15, 0.2) is 66.7 Å². The van der Waals surface area contributed by atoms with E-state index in [2.05, 4.69) is 91.0 Å². The highest BCUT2D eigenvalue weighted by atomic mass is 15.3. The van der Waals surface area contributed by atoms with Crippen LogP contribution in [0.25, 0.3) is 28.5 Å². The third-order valence-corrected chi connectivity index (χ3v) is 4.98. The Morgan fingerprint density at radius 1 is 0.630 bits per heavy atom. The molecule has 4 rings (SSSR count). The van der Waals surface area contributed by atoms with Gasteiger partial charge in [0.1, 0.15) is 0 Å². The van der Waals surface area contributed by atoms with E-state index in [-0.39, 0.29) is 0 Å². The topological polar surface area (TPSA) is 30.7 Å². The second kappa shape index (κ2) is 6.84. The zero-order valence-electron chi connectivity index (χ0n) is 16.2. The molecule has 134 valence electrons. The van der Waals surface area contributed by atoms with Crippen LogP contribution < -0.4 is 0 Å². The lowest BCUT2D eigenvalue weighted by Crippen LogP contribution is -2.05. The Kier molecular flexibility index (Phi) is 4.36. The molecule has 1 aromatic heterocycles. The molecule has 0 fully saturated rings. The summed E-state index contributed by atoms with van der Waals surface area (Å²) in [6.45, 7) is 8.53. The fourth-order valence-corrected chi connectivity index (χ4v) is 3.67. The molecule has 1 heterocycles. The van der Waals surface area contributed by atoms with Gasteiger partial charge < -0.3 is 0 Å². The summed E-state index contributed by atoms with van der Waals surface area (Å²) < 4.78 is 2.21. The van der Waals surface area contributed by atoms with Crippen molar-refractivity contribution >= 4 is 0 Å². The third kappa shape index (κ3) is 3.06. The lowest BCUT2D eigenvalue weighted by molar-refractivity contribution is 1.03. The van der Waals surface area contributed by atoms with Gasteiger partial charge in [-0.05, 0) is 44.4 Å². The molecule has 0 radical (unpaired) electrons. The van der Waals surface area contributed by atoms with Gasteiger partial charge in [0.25, 0.3) is 0 Å². The lowest BCUT2D eigenvalue weighted by atomic mass is 10.0. The highest BCUT2D eigenvalue weighted by molar-refractivity contribution is 5.70. The van der Waals surface area contributed by atoms with Gasteiger partial charge in [0.05, 0.1) is 5.69 Å². The average Bonchev–Trinajstić information content (AvgIpc) is 3.07. The first kappa shape index (κ1) is 17.2. The summed E-state index contributed by atoms with van der Waals surface area (Å²) in [5.74, 6) is 1.74.